The van der Waals surface area contributed by atoms with Gasteiger partial charge >= 0.3 is 0 Å². The molecule has 3 N–H and O–H groups in total. The van der Waals surface area contributed by atoms with Crippen LogP contribution in [0, 0.1) is 13.8 Å². The van der Waals surface area contributed by atoms with Gasteiger partial charge in [0.25, 0.3) is 0 Å². The maximum atomic E-state index is 6.25. The van der Waals surface area contributed by atoms with E-state index in [2.05, 4.69) is 60.8 Å². The molecule has 4 rings (SSSR count). The Balaban J connectivity index is 1.61. The van der Waals surface area contributed by atoms with Crippen LogP contribution in [0.5, 0.6) is 0 Å². The average Bonchev–Trinajstić information content (AvgIpc) is 3.20. The number of rotatable bonds is 4. The molecule has 1 aliphatic carbocycles. The van der Waals surface area contributed by atoms with Crippen molar-refractivity contribution in [3.05, 3.63) is 106 Å². The predicted molar refractivity (Wildman–Crippen MR) is 120 cm³/mol. The first-order chi connectivity index (χ1) is 14.1. The highest BCUT2D eigenvalue weighted by Gasteiger charge is 2.21. The Morgan fingerprint density at radius 1 is 0.828 bits per heavy atom. The summed E-state index contributed by atoms with van der Waals surface area (Å²) in [5.74, 6) is 0.314. The highest BCUT2D eigenvalue weighted by molar-refractivity contribution is 6.06. The summed E-state index contributed by atoms with van der Waals surface area (Å²) < 4.78 is 0. The van der Waals surface area contributed by atoms with Gasteiger partial charge < -0.3 is 5.73 Å². The van der Waals surface area contributed by atoms with Crippen LogP contribution in [0.2, 0.25) is 0 Å². The summed E-state index contributed by atoms with van der Waals surface area (Å²) in [6.45, 7) is 4.30. The molecule has 3 aromatic carbocycles. The Morgan fingerprint density at radius 2 is 1.41 bits per heavy atom. The minimum Gasteiger partial charge on any atom is -0.368 e. The van der Waals surface area contributed by atoms with E-state index in [1.807, 2.05) is 36.4 Å². The van der Waals surface area contributed by atoms with Gasteiger partial charge in [-0.15, -0.1) is 0 Å². The quantitative estimate of drug-likeness (QED) is 0.392. The molecule has 4 heteroatoms. The summed E-state index contributed by atoms with van der Waals surface area (Å²) in [5.41, 5.74) is 17.7. The molecular formula is C25H26N4. The van der Waals surface area contributed by atoms with Crippen molar-refractivity contribution < 1.29 is 0 Å². The molecule has 4 nitrogen and oxygen atoms in total. The van der Waals surface area contributed by atoms with Gasteiger partial charge in [-0.05, 0) is 54.5 Å². The lowest BCUT2D eigenvalue weighted by Gasteiger charge is -2.15. The molecule has 29 heavy (non-hydrogen) atoms. The maximum absolute atomic E-state index is 6.25. The smallest absolute Gasteiger partial charge is 0.210 e. The standard InChI is InChI=1S/C25H26N4/c1-17-13-14-18(2)23-21(17)15-16-22(23)28-29-25(26)27-24(19-9-5-3-6-10-19)20-11-7-4-8-12-20/h3-14,24H,15-16H2,1-2H3,(H3,26,27,29). The number of fused-ring (bicyclic) bond motifs is 1. The number of nitrogens with two attached hydrogens (primary N) is 1. The van der Waals surface area contributed by atoms with Crippen LogP contribution in [-0.4, -0.2) is 11.7 Å². The fraction of sp³-hybridized carbons (Fsp3) is 0.200. The lowest BCUT2D eigenvalue weighted by atomic mass is 9.99. The van der Waals surface area contributed by atoms with Crippen molar-refractivity contribution in [1.29, 1.82) is 0 Å². The van der Waals surface area contributed by atoms with Gasteiger partial charge in [0.15, 0.2) is 0 Å². The fourth-order valence-corrected chi connectivity index (χ4v) is 3.98. The fourth-order valence-electron chi connectivity index (χ4n) is 3.98. The van der Waals surface area contributed by atoms with Crippen molar-refractivity contribution in [3.63, 3.8) is 0 Å². The van der Waals surface area contributed by atoms with E-state index in [0.717, 1.165) is 29.7 Å². The van der Waals surface area contributed by atoms with E-state index in [1.54, 1.807) is 0 Å². The second kappa shape index (κ2) is 8.31. The van der Waals surface area contributed by atoms with Crippen molar-refractivity contribution in [3.8, 4) is 0 Å². The molecule has 0 amide bonds. The average molecular weight is 383 g/mol. The van der Waals surface area contributed by atoms with Crippen LogP contribution < -0.4 is 11.2 Å². The first-order valence-electron chi connectivity index (χ1n) is 9.98. The first-order valence-corrected chi connectivity index (χ1v) is 9.98. The number of nitrogens with zero attached hydrogens (tertiary/aromatic N) is 2. The molecule has 0 spiro atoms. The van der Waals surface area contributed by atoms with Crippen LogP contribution >= 0.6 is 0 Å². The van der Waals surface area contributed by atoms with Crippen molar-refractivity contribution in [2.24, 2.45) is 15.8 Å². The molecule has 0 aliphatic heterocycles. The van der Waals surface area contributed by atoms with Gasteiger partial charge in [0.05, 0.1) is 5.71 Å². The molecule has 0 unspecified atom stereocenters. The second-order valence-corrected chi connectivity index (χ2v) is 7.46. The number of aliphatic imine (C=N–C) groups is 1. The van der Waals surface area contributed by atoms with E-state index in [9.17, 15) is 0 Å². The summed E-state index contributed by atoms with van der Waals surface area (Å²) in [6.07, 6.45) is 1.94. The third kappa shape index (κ3) is 4.06. The van der Waals surface area contributed by atoms with Crippen LogP contribution in [0.4, 0.5) is 0 Å². The number of hydrogen-bond acceptors (Lipinski definition) is 2. The van der Waals surface area contributed by atoms with Crippen molar-refractivity contribution >= 4 is 11.7 Å². The Bertz CT molecular complexity index is 1010. The monoisotopic (exact) mass is 382 g/mol. The van der Waals surface area contributed by atoms with Crippen LogP contribution in [0.25, 0.3) is 0 Å². The van der Waals surface area contributed by atoms with E-state index >= 15 is 0 Å². The van der Waals surface area contributed by atoms with E-state index in [0.29, 0.717) is 5.96 Å². The molecule has 0 bridgehead atoms. The summed E-state index contributed by atoms with van der Waals surface area (Å²) in [5, 5.41) is 4.62. The van der Waals surface area contributed by atoms with Gasteiger partial charge in [-0.1, -0.05) is 72.8 Å². The third-order valence-electron chi connectivity index (χ3n) is 5.46. The lowest BCUT2D eigenvalue weighted by Crippen LogP contribution is -2.29. The Morgan fingerprint density at radius 3 is 2.03 bits per heavy atom. The number of nitrogens with one attached hydrogen (secondary N) is 1. The molecule has 3 aromatic rings. The number of benzene rings is 3. The third-order valence-corrected chi connectivity index (χ3v) is 5.46. The summed E-state index contributed by atoms with van der Waals surface area (Å²) in [4.78, 5) is 4.75. The highest BCUT2D eigenvalue weighted by Crippen LogP contribution is 2.28. The van der Waals surface area contributed by atoms with E-state index < -0.39 is 0 Å². The molecule has 0 aromatic heterocycles. The van der Waals surface area contributed by atoms with Crippen LogP contribution in [0.1, 0.15) is 45.8 Å². The zero-order valence-corrected chi connectivity index (χ0v) is 16.9. The summed E-state index contributed by atoms with van der Waals surface area (Å²) in [6, 6.07) is 24.5. The molecule has 0 atom stereocenters. The SMILES string of the molecule is Cc1ccc(C)c2c1CCC2=NNC(N)=NC(c1ccccc1)c1ccccc1. The molecule has 0 radical (unpaired) electrons. The van der Waals surface area contributed by atoms with Gasteiger partial charge in [-0.2, -0.15) is 5.10 Å². The molecular weight excluding hydrogens is 356 g/mol. The van der Waals surface area contributed by atoms with Gasteiger partial charge in [-0.3, -0.25) is 0 Å². The van der Waals surface area contributed by atoms with Crippen molar-refractivity contribution in [1.82, 2.24) is 5.43 Å². The van der Waals surface area contributed by atoms with Crippen LogP contribution in [-0.2, 0) is 6.42 Å². The number of hydrazone groups is 1. The number of aryl methyl sites for hydroxylation is 2. The Hall–Kier alpha value is -3.40. The van der Waals surface area contributed by atoms with E-state index in [1.165, 1.54) is 22.3 Å². The Labute approximate surface area is 172 Å². The lowest BCUT2D eigenvalue weighted by molar-refractivity contribution is 0.845. The highest BCUT2D eigenvalue weighted by atomic mass is 15.4. The Kier molecular flexibility index (Phi) is 5.43. The minimum atomic E-state index is -0.176. The zero-order chi connectivity index (χ0) is 20.2. The second-order valence-electron chi connectivity index (χ2n) is 7.46. The minimum absolute atomic E-state index is 0.176. The molecule has 0 saturated carbocycles. The van der Waals surface area contributed by atoms with Gasteiger partial charge in [0.2, 0.25) is 5.96 Å². The van der Waals surface area contributed by atoms with Crippen LogP contribution in [0.15, 0.2) is 82.9 Å². The maximum Gasteiger partial charge on any atom is 0.210 e. The summed E-state index contributed by atoms with van der Waals surface area (Å²) >= 11 is 0. The predicted octanol–water partition coefficient (Wildman–Crippen LogP) is 4.65. The van der Waals surface area contributed by atoms with E-state index in [4.69, 9.17) is 10.7 Å². The first kappa shape index (κ1) is 18.9. The largest absolute Gasteiger partial charge is 0.368 e. The summed E-state index contributed by atoms with van der Waals surface area (Å²) in [7, 11) is 0. The molecule has 0 saturated heterocycles. The van der Waals surface area contributed by atoms with Gasteiger partial charge in [0, 0.05) is 5.56 Å². The van der Waals surface area contributed by atoms with Gasteiger partial charge in [0.1, 0.15) is 6.04 Å². The van der Waals surface area contributed by atoms with Gasteiger partial charge in [-0.25, -0.2) is 10.4 Å². The normalized spacial score (nSPS) is 15.0. The number of guanidine groups is 1. The molecule has 0 heterocycles. The van der Waals surface area contributed by atoms with Crippen molar-refractivity contribution in [2.45, 2.75) is 32.7 Å². The topological polar surface area (TPSA) is 62.8 Å². The zero-order valence-electron chi connectivity index (χ0n) is 16.9. The number of hydrogen-bond donors (Lipinski definition) is 2. The molecule has 1 aliphatic rings. The molecule has 0 fully saturated rings. The van der Waals surface area contributed by atoms with E-state index in [-0.39, 0.29) is 6.04 Å². The molecule has 146 valence electrons. The van der Waals surface area contributed by atoms with Crippen LogP contribution in [0.3, 0.4) is 0 Å². The van der Waals surface area contributed by atoms with Crippen molar-refractivity contribution in [2.75, 3.05) is 0 Å².